The van der Waals surface area contributed by atoms with E-state index in [1.165, 1.54) is 7.11 Å². The van der Waals surface area contributed by atoms with E-state index in [1.807, 2.05) is 32.9 Å². The summed E-state index contributed by atoms with van der Waals surface area (Å²) in [6.45, 7) is 6.18. The van der Waals surface area contributed by atoms with E-state index in [9.17, 15) is 14.7 Å². The van der Waals surface area contributed by atoms with Crippen molar-refractivity contribution in [2.75, 3.05) is 20.2 Å². The molecular weight excluding hydrogens is 390 g/mol. The van der Waals surface area contributed by atoms with Crippen LogP contribution in [0.3, 0.4) is 0 Å². The maximum absolute atomic E-state index is 12.4. The molecule has 1 heterocycles. The quantitative estimate of drug-likeness (QED) is 0.764. The third kappa shape index (κ3) is 4.87. The Morgan fingerprint density at radius 3 is 2.60 bits per heavy atom. The number of esters is 1. The molecule has 0 radical (unpaired) electrons. The number of aromatic hydroxyl groups is 1. The van der Waals surface area contributed by atoms with Crippen LogP contribution in [0.4, 0.5) is 4.79 Å². The topological polar surface area (TPSA) is 76.1 Å². The Labute approximate surface area is 156 Å². The Morgan fingerprint density at radius 1 is 1.32 bits per heavy atom. The zero-order chi connectivity index (χ0) is 18.8. The van der Waals surface area contributed by atoms with Crippen LogP contribution in [0.1, 0.15) is 38.7 Å². The van der Waals surface area contributed by atoms with E-state index in [-0.39, 0.29) is 30.0 Å². The highest BCUT2D eigenvalue weighted by atomic mass is 79.9. The van der Waals surface area contributed by atoms with Gasteiger partial charge in [0.2, 0.25) is 0 Å². The van der Waals surface area contributed by atoms with Crippen molar-refractivity contribution in [2.24, 2.45) is 5.92 Å². The lowest BCUT2D eigenvalue weighted by atomic mass is 9.86. The van der Waals surface area contributed by atoms with Crippen LogP contribution in [0.15, 0.2) is 22.7 Å². The third-order valence-corrected chi connectivity index (χ3v) is 4.81. The fourth-order valence-electron chi connectivity index (χ4n) is 3.03. The second-order valence-electron chi connectivity index (χ2n) is 7.21. The van der Waals surface area contributed by atoms with Crippen LogP contribution in [0, 0.1) is 5.92 Å². The molecule has 7 heteroatoms. The number of hydrogen-bond donors (Lipinski definition) is 1. The van der Waals surface area contributed by atoms with Crippen molar-refractivity contribution in [1.82, 2.24) is 4.90 Å². The van der Waals surface area contributed by atoms with Gasteiger partial charge in [-0.1, -0.05) is 12.1 Å². The molecule has 0 spiro atoms. The predicted molar refractivity (Wildman–Crippen MR) is 96.5 cm³/mol. The SMILES string of the molecule is COC(=O)C[C@@H]1CN(C(=O)OC(C)(C)C)C[C@H]1c1cccc(Br)c1O. The minimum absolute atomic E-state index is 0.133. The molecule has 1 aliphatic heterocycles. The van der Waals surface area contributed by atoms with Gasteiger partial charge in [0.15, 0.2) is 0 Å². The largest absolute Gasteiger partial charge is 0.506 e. The minimum atomic E-state index is -0.592. The van der Waals surface area contributed by atoms with Gasteiger partial charge >= 0.3 is 12.1 Å². The zero-order valence-corrected chi connectivity index (χ0v) is 16.5. The van der Waals surface area contributed by atoms with Gasteiger partial charge in [-0.3, -0.25) is 4.79 Å². The van der Waals surface area contributed by atoms with E-state index in [1.54, 1.807) is 11.0 Å². The third-order valence-electron chi connectivity index (χ3n) is 4.17. The molecule has 6 nitrogen and oxygen atoms in total. The van der Waals surface area contributed by atoms with Crippen molar-refractivity contribution < 1.29 is 24.2 Å². The highest BCUT2D eigenvalue weighted by Gasteiger charge is 2.40. The summed E-state index contributed by atoms with van der Waals surface area (Å²) in [6.07, 6.45) is -0.244. The molecule has 0 aromatic heterocycles. The number of hydrogen-bond acceptors (Lipinski definition) is 5. The number of rotatable bonds is 3. The monoisotopic (exact) mass is 413 g/mol. The second-order valence-corrected chi connectivity index (χ2v) is 8.06. The van der Waals surface area contributed by atoms with E-state index in [0.29, 0.717) is 23.1 Å². The molecule has 0 bridgehead atoms. The van der Waals surface area contributed by atoms with Gasteiger partial charge in [-0.15, -0.1) is 0 Å². The highest BCUT2D eigenvalue weighted by molar-refractivity contribution is 9.10. The molecule has 25 heavy (non-hydrogen) atoms. The standard InChI is InChI=1S/C18H24BrNO5/c1-18(2,3)25-17(23)20-9-11(8-15(21)24-4)13(10-20)12-6-5-7-14(19)16(12)22/h5-7,11,13,22H,8-10H2,1-4H3/t11-,13-/m1/s1. The van der Waals surface area contributed by atoms with E-state index in [0.717, 1.165) is 0 Å². The van der Waals surface area contributed by atoms with Crippen LogP contribution >= 0.6 is 15.9 Å². The summed E-state index contributed by atoms with van der Waals surface area (Å²) in [4.78, 5) is 25.8. The molecule has 0 aliphatic carbocycles. The van der Waals surface area contributed by atoms with Gasteiger partial charge < -0.3 is 19.5 Å². The number of halogens is 1. The minimum Gasteiger partial charge on any atom is -0.506 e. The summed E-state index contributed by atoms with van der Waals surface area (Å²) in [5.74, 6) is -0.534. The number of carbonyl (C=O) groups is 2. The molecule has 2 atom stereocenters. The van der Waals surface area contributed by atoms with Crippen molar-refractivity contribution in [3.63, 3.8) is 0 Å². The number of phenolic OH excluding ortho intramolecular Hbond substituents is 1. The first-order chi connectivity index (χ1) is 11.6. The first-order valence-corrected chi connectivity index (χ1v) is 8.93. The van der Waals surface area contributed by atoms with Gasteiger partial charge in [-0.25, -0.2) is 4.79 Å². The molecule has 1 aliphatic rings. The Balaban J connectivity index is 2.26. The van der Waals surface area contributed by atoms with Gasteiger partial charge in [0, 0.05) is 24.6 Å². The summed E-state index contributed by atoms with van der Waals surface area (Å²) < 4.78 is 10.8. The van der Waals surface area contributed by atoms with Crippen molar-refractivity contribution in [3.05, 3.63) is 28.2 Å². The molecule has 1 N–H and O–H groups in total. The number of phenols is 1. The molecule has 138 valence electrons. The first-order valence-electron chi connectivity index (χ1n) is 8.14. The van der Waals surface area contributed by atoms with Crippen LogP contribution in [0.5, 0.6) is 5.75 Å². The number of para-hydroxylation sites is 1. The van der Waals surface area contributed by atoms with Crippen LogP contribution < -0.4 is 0 Å². The van der Waals surface area contributed by atoms with Gasteiger partial charge in [-0.05, 0) is 48.7 Å². The average molecular weight is 414 g/mol. The van der Waals surface area contributed by atoms with Crippen molar-refractivity contribution in [3.8, 4) is 5.75 Å². The molecule has 2 rings (SSSR count). The lowest BCUT2D eigenvalue weighted by Crippen LogP contribution is -2.35. The molecule has 1 aromatic rings. The smallest absolute Gasteiger partial charge is 0.410 e. The van der Waals surface area contributed by atoms with Crippen LogP contribution in [0.25, 0.3) is 0 Å². The van der Waals surface area contributed by atoms with E-state index in [4.69, 9.17) is 9.47 Å². The number of likely N-dealkylation sites (tertiary alicyclic amines) is 1. The molecule has 1 amide bonds. The van der Waals surface area contributed by atoms with Crippen LogP contribution in [-0.2, 0) is 14.3 Å². The average Bonchev–Trinajstić information content (AvgIpc) is 2.92. The van der Waals surface area contributed by atoms with Crippen LogP contribution in [-0.4, -0.2) is 47.9 Å². The Morgan fingerprint density at radius 2 is 2.00 bits per heavy atom. The van der Waals surface area contributed by atoms with Gasteiger partial charge in [0.25, 0.3) is 0 Å². The highest BCUT2D eigenvalue weighted by Crippen LogP contribution is 2.41. The van der Waals surface area contributed by atoms with Crippen molar-refractivity contribution >= 4 is 28.0 Å². The fraction of sp³-hybridized carbons (Fsp3) is 0.556. The lowest BCUT2D eigenvalue weighted by Gasteiger charge is -2.24. The molecule has 1 aromatic carbocycles. The molecule has 1 fully saturated rings. The van der Waals surface area contributed by atoms with E-state index in [2.05, 4.69) is 15.9 Å². The number of amides is 1. The second kappa shape index (κ2) is 7.64. The Kier molecular flexibility index (Phi) is 5.98. The fourth-order valence-corrected chi connectivity index (χ4v) is 3.42. The summed E-state index contributed by atoms with van der Waals surface area (Å²) in [6, 6.07) is 5.38. The van der Waals surface area contributed by atoms with E-state index >= 15 is 0 Å². The molecule has 0 unspecified atom stereocenters. The van der Waals surface area contributed by atoms with Crippen LogP contribution in [0.2, 0.25) is 0 Å². The molecular formula is C18H24BrNO5. The zero-order valence-electron chi connectivity index (χ0n) is 14.9. The molecule has 1 saturated heterocycles. The lowest BCUT2D eigenvalue weighted by molar-refractivity contribution is -0.141. The van der Waals surface area contributed by atoms with Gasteiger partial charge in [0.05, 0.1) is 18.0 Å². The number of benzene rings is 1. The maximum Gasteiger partial charge on any atom is 0.410 e. The normalized spacial score (nSPS) is 20.4. The Hall–Kier alpha value is -1.76. The van der Waals surface area contributed by atoms with Crippen molar-refractivity contribution in [1.29, 1.82) is 0 Å². The molecule has 0 saturated carbocycles. The number of nitrogens with zero attached hydrogens (tertiary/aromatic N) is 1. The number of methoxy groups -OCH3 is 1. The van der Waals surface area contributed by atoms with E-state index < -0.39 is 11.7 Å². The predicted octanol–water partition coefficient (Wildman–Crippen LogP) is 3.67. The first kappa shape index (κ1) is 19.6. The van der Waals surface area contributed by atoms with Gasteiger partial charge in [-0.2, -0.15) is 0 Å². The summed E-state index contributed by atoms with van der Waals surface area (Å²) >= 11 is 3.31. The van der Waals surface area contributed by atoms with Crippen molar-refractivity contribution in [2.45, 2.75) is 38.7 Å². The van der Waals surface area contributed by atoms with Gasteiger partial charge in [0.1, 0.15) is 11.4 Å². The Bertz CT molecular complexity index is 655. The maximum atomic E-state index is 12.4. The summed E-state index contributed by atoms with van der Waals surface area (Å²) in [5.41, 5.74) is 0.111. The summed E-state index contributed by atoms with van der Waals surface area (Å²) in [7, 11) is 1.34. The summed E-state index contributed by atoms with van der Waals surface area (Å²) in [5, 5.41) is 10.4. The number of carbonyl (C=O) groups excluding carboxylic acids is 2. The number of ether oxygens (including phenoxy) is 2.